The maximum atomic E-state index is 11.4. The molecule has 20 heavy (non-hydrogen) atoms. The molecular weight excluding hydrogens is 250 g/mol. The normalized spacial score (nSPS) is 23.6. The highest BCUT2D eigenvalue weighted by Crippen LogP contribution is 2.39. The van der Waals surface area contributed by atoms with Gasteiger partial charge in [-0.05, 0) is 36.0 Å². The quantitative estimate of drug-likeness (QED) is 0.917. The Labute approximate surface area is 120 Å². The topological polar surface area (TPSA) is 38.3 Å². The lowest BCUT2D eigenvalue weighted by Crippen LogP contribution is -2.13. The minimum atomic E-state index is 0.171. The Bertz CT molecular complexity index is 492. The molecule has 1 saturated carbocycles. The van der Waals surface area contributed by atoms with Crippen LogP contribution >= 0.6 is 0 Å². The summed E-state index contributed by atoms with van der Waals surface area (Å²) in [5.41, 5.74) is 2.63. The van der Waals surface area contributed by atoms with E-state index in [-0.39, 0.29) is 5.91 Å². The van der Waals surface area contributed by atoms with Gasteiger partial charge < -0.3 is 10.1 Å². The molecule has 1 amide bonds. The zero-order chi connectivity index (χ0) is 13.9. The summed E-state index contributed by atoms with van der Waals surface area (Å²) in [7, 11) is 1.75. The Hall–Kier alpha value is -1.51. The van der Waals surface area contributed by atoms with Gasteiger partial charge in [0, 0.05) is 18.9 Å². The standard InChI is InChI=1S/C17H23NO2/c1-20-16-8-7-13(14-10-17(19)18-11-14)9-15(16)12-5-3-2-4-6-12/h7-9,12,14H,2-6,10-11H2,1H3,(H,18,19). The van der Waals surface area contributed by atoms with E-state index in [9.17, 15) is 4.79 Å². The van der Waals surface area contributed by atoms with Gasteiger partial charge in [-0.2, -0.15) is 0 Å². The predicted octanol–water partition coefficient (Wildman–Crippen LogP) is 3.35. The molecule has 1 aliphatic heterocycles. The van der Waals surface area contributed by atoms with E-state index >= 15 is 0 Å². The third-order valence-electron chi connectivity index (χ3n) is 4.75. The van der Waals surface area contributed by atoms with Crippen molar-refractivity contribution in [3.05, 3.63) is 29.3 Å². The van der Waals surface area contributed by atoms with Gasteiger partial charge in [0.05, 0.1) is 7.11 Å². The fourth-order valence-corrected chi connectivity index (χ4v) is 3.58. The Morgan fingerprint density at radius 1 is 1.15 bits per heavy atom. The molecule has 1 saturated heterocycles. The van der Waals surface area contributed by atoms with Gasteiger partial charge in [0.2, 0.25) is 5.91 Å². The monoisotopic (exact) mass is 273 g/mol. The summed E-state index contributed by atoms with van der Waals surface area (Å²) in [5.74, 6) is 2.14. The molecule has 2 fully saturated rings. The van der Waals surface area contributed by atoms with Gasteiger partial charge in [0.1, 0.15) is 5.75 Å². The van der Waals surface area contributed by atoms with E-state index in [0.717, 1.165) is 12.3 Å². The van der Waals surface area contributed by atoms with Crippen molar-refractivity contribution in [1.82, 2.24) is 5.32 Å². The molecule has 1 unspecified atom stereocenters. The molecule has 0 bridgehead atoms. The first-order chi connectivity index (χ1) is 9.78. The van der Waals surface area contributed by atoms with Crippen LogP contribution in [0.2, 0.25) is 0 Å². The van der Waals surface area contributed by atoms with E-state index in [2.05, 4.69) is 23.5 Å². The number of carbonyl (C=O) groups excluding carboxylic acids is 1. The van der Waals surface area contributed by atoms with Crippen molar-refractivity contribution < 1.29 is 9.53 Å². The van der Waals surface area contributed by atoms with Gasteiger partial charge in [-0.1, -0.05) is 31.4 Å². The molecular formula is C17H23NO2. The molecule has 1 heterocycles. The summed E-state index contributed by atoms with van der Waals surface area (Å²) >= 11 is 0. The molecule has 3 heteroatoms. The number of ether oxygens (including phenoxy) is 1. The fourth-order valence-electron chi connectivity index (χ4n) is 3.58. The second-order valence-electron chi connectivity index (χ2n) is 6.04. The highest BCUT2D eigenvalue weighted by atomic mass is 16.5. The van der Waals surface area contributed by atoms with Crippen molar-refractivity contribution in [2.45, 2.75) is 50.4 Å². The van der Waals surface area contributed by atoms with Crippen LogP contribution in [0.15, 0.2) is 18.2 Å². The number of hydrogen-bond donors (Lipinski definition) is 1. The van der Waals surface area contributed by atoms with Crippen LogP contribution < -0.4 is 10.1 Å². The number of nitrogens with one attached hydrogen (secondary N) is 1. The Morgan fingerprint density at radius 2 is 1.95 bits per heavy atom. The zero-order valence-electron chi connectivity index (χ0n) is 12.2. The number of hydrogen-bond acceptors (Lipinski definition) is 2. The van der Waals surface area contributed by atoms with E-state index in [1.54, 1.807) is 7.11 Å². The van der Waals surface area contributed by atoms with Crippen LogP contribution in [0.1, 0.15) is 61.5 Å². The average molecular weight is 273 g/mol. The molecule has 1 N–H and O–H groups in total. The highest BCUT2D eigenvalue weighted by molar-refractivity contribution is 5.79. The number of amides is 1. The van der Waals surface area contributed by atoms with Crippen LogP contribution in [-0.4, -0.2) is 19.6 Å². The third-order valence-corrected chi connectivity index (χ3v) is 4.75. The zero-order valence-corrected chi connectivity index (χ0v) is 12.2. The number of methoxy groups -OCH3 is 1. The summed E-state index contributed by atoms with van der Waals surface area (Å²) in [6, 6.07) is 6.50. The summed E-state index contributed by atoms with van der Waals surface area (Å²) < 4.78 is 5.55. The summed E-state index contributed by atoms with van der Waals surface area (Å²) in [6.07, 6.45) is 7.16. The molecule has 2 aliphatic rings. The summed E-state index contributed by atoms with van der Waals surface area (Å²) in [6.45, 7) is 0.773. The lowest BCUT2D eigenvalue weighted by Gasteiger charge is -2.25. The molecule has 0 aromatic heterocycles. The van der Waals surface area contributed by atoms with Crippen molar-refractivity contribution in [2.75, 3.05) is 13.7 Å². The van der Waals surface area contributed by atoms with Gasteiger partial charge in [-0.25, -0.2) is 0 Å². The van der Waals surface area contributed by atoms with Crippen LogP contribution in [0.4, 0.5) is 0 Å². The first kappa shape index (κ1) is 13.5. The maximum Gasteiger partial charge on any atom is 0.220 e. The number of carbonyl (C=O) groups is 1. The first-order valence-electron chi connectivity index (χ1n) is 7.72. The van der Waals surface area contributed by atoms with Crippen molar-refractivity contribution >= 4 is 5.91 Å². The molecule has 0 spiro atoms. The van der Waals surface area contributed by atoms with E-state index in [1.165, 1.54) is 43.2 Å². The fraction of sp³-hybridized carbons (Fsp3) is 0.588. The molecule has 1 atom stereocenters. The minimum Gasteiger partial charge on any atom is -0.496 e. The number of benzene rings is 1. The van der Waals surface area contributed by atoms with Crippen LogP contribution in [0.5, 0.6) is 5.75 Å². The average Bonchev–Trinajstić information content (AvgIpc) is 2.94. The predicted molar refractivity (Wildman–Crippen MR) is 79.2 cm³/mol. The lowest BCUT2D eigenvalue weighted by molar-refractivity contribution is -0.119. The van der Waals surface area contributed by atoms with Crippen molar-refractivity contribution in [1.29, 1.82) is 0 Å². The Kier molecular flexibility index (Phi) is 3.95. The van der Waals surface area contributed by atoms with Crippen molar-refractivity contribution in [3.63, 3.8) is 0 Å². The van der Waals surface area contributed by atoms with Gasteiger partial charge in [-0.15, -0.1) is 0 Å². The molecule has 108 valence electrons. The Morgan fingerprint density at radius 3 is 2.60 bits per heavy atom. The van der Waals surface area contributed by atoms with E-state index in [1.807, 2.05) is 0 Å². The van der Waals surface area contributed by atoms with Gasteiger partial charge >= 0.3 is 0 Å². The van der Waals surface area contributed by atoms with E-state index in [4.69, 9.17) is 4.74 Å². The number of rotatable bonds is 3. The third kappa shape index (κ3) is 2.67. The highest BCUT2D eigenvalue weighted by Gasteiger charge is 2.25. The minimum absolute atomic E-state index is 0.171. The second kappa shape index (κ2) is 5.86. The van der Waals surface area contributed by atoms with Gasteiger partial charge in [-0.3, -0.25) is 4.79 Å². The summed E-state index contributed by atoms with van der Waals surface area (Å²) in [4.78, 5) is 11.4. The molecule has 3 rings (SSSR count). The van der Waals surface area contributed by atoms with E-state index in [0.29, 0.717) is 18.3 Å². The van der Waals surface area contributed by atoms with Crippen molar-refractivity contribution in [2.24, 2.45) is 0 Å². The van der Waals surface area contributed by atoms with Crippen LogP contribution in [0.3, 0.4) is 0 Å². The van der Waals surface area contributed by atoms with Crippen LogP contribution in [-0.2, 0) is 4.79 Å². The van der Waals surface area contributed by atoms with Crippen LogP contribution in [0.25, 0.3) is 0 Å². The lowest BCUT2D eigenvalue weighted by atomic mass is 9.82. The van der Waals surface area contributed by atoms with Gasteiger partial charge in [0.15, 0.2) is 0 Å². The van der Waals surface area contributed by atoms with Gasteiger partial charge in [0.25, 0.3) is 0 Å². The molecule has 1 aromatic carbocycles. The van der Waals surface area contributed by atoms with E-state index < -0.39 is 0 Å². The molecule has 0 radical (unpaired) electrons. The van der Waals surface area contributed by atoms with Crippen molar-refractivity contribution in [3.8, 4) is 5.75 Å². The Balaban J connectivity index is 1.87. The molecule has 3 nitrogen and oxygen atoms in total. The first-order valence-corrected chi connectivity index (χ1v) is 7.72. The largest absolute Gasteiger partial charge is 0.496 e. The molecule has 1 aromatic rings. The smallest absolute Gasteiger partial charge is 0.220 e. The maximum absolute atomic E-state index is 11.4. The SMILES string of the molecule is COc1ccc(C2CNC(=O)C2)cc1C1CCCCC1. The summed E-state index contributed by atoms with van der Waals surface area (Å²) in [5, 5.41) is 2.93. The molecule has 1 aliphatic carbocycles. The second-order valence-corrected chi connectivity index (χ2v) is 6.04. The van der Waals surface area contributed by atoms with Crippen LogP contribution in [0, 0.1) is 0 Å².